The molecule has 1 unspecified atom stereocenters. The van der Waals surface area contributed by atoms with Gasteiger partial charge >= 0.3 is 0 Å². The predicted molar refractivity (Wildman–Crippen MR) is 141 cm³/mol. The van der Waals surface area contributed by atoms with E-state index in [1.165, 1.54) is 0 Å². The molecule has 196 valence electrons. The first-order chi connectivity index (χ1) is 17.9. The minimum atomic E-state index is -0.659. The highest BCUT2D eigenvalue weighted by molar-refractivity contribution is 5.44. The van der Waals surface area contributed by atoms with Crippen LogP contribution in [-0.2, 0) is 17.9 Å². The molecule has 4 rings (SSSR count). The van der Waals surface area contributed by atoms with E-state index in [0.717, 1.165) is 28.5 Å². The van der Waals surface area contributed by atoms with Gasteiger partial charge in [-0.25, -0.2) is 4.68 Å². The Morgan fingerprint density at radius 1 is 1.00 bits per heavy atom. The van der Waals surface area contributed by atoms with Crippen LogP contribution in [0.3, 0.4) is 0 Å². The summed E-state index contributed by atoms with van der Waals surface area (Å²) in [5.41, 5.74) is 2.72. The Labute approximate surface area is 218 Å². The molecule has 1 N–H and O–H groups in total. The Morgan fingerprint density at radius 3 is 2.38 bits per heavy atom. The molecule has 0 spiro atoms. The van der Waals surface area contributed by atoms with Gasteiger partial charge in [0.1, 0.15) is 23.9 Å². The van der Waals surface area contributed by atoms with Crippen LogP contribution in [0.5, 0.6) is 17.4 Å². The van der Waals surface area contributed by atoms with Crippen molar-refractivity contribution in [3.05, 3.63) is 90.0 Å². The summed E-state index contributed by atoms with van der Waals surface area (Å²) >= 11 is 0. The summed E-state index contributed by atoms with van der Waals surface area (Å²) in [6.07, 6.45) is 0.951. The molecule has 1 atom stereocenters. The van der Waals surface area contributed by atoms with Gasteiger partial charge in [-0.1, -0.05) is 18.2 Å². The zero-order valence-electron chi connectivity index (χ0n) is 21.8. The predicted octanol–water partition coefficient (Wildman–Crippen LogP) is 5.36. The third-order valence-corrected chi connectivity index (χ3v) is 6.08. The molecule has 0 saturated heterocycles. The van der Waals surface area contributed by atoms with Crippen molar-refractivity contribution in [3.63, 3.8) is 0 Å². The second kappa shape index (κ2) is 12.6. The Morgan fingerprint density at radius 2 is 1.73 bits per heavy atom. The van der Waals surface area contributed by atoms with Crippen molar-refractivity contribution in [3.8, 4) is 23.1 Å². The van der Waals surface area contributed by atoms with Gasteiger partial charge in [-0.05, 0) is 69.3 Å². The number of methoxy groups -OCH3 is 1. The number of ether oxygens (including phenoxy) is 3. The molecule has 37 heavy (non-hydrogen) atoms. The van der Waals surface area contributed by atoms with Crippen LogP contribution in [0, 0.1) is 6.92 Å². The van der Waals surface area contributed by atoms with E-state index in [1.54, 1.807) is 13.4 Å². The summed E-state index contributed by atoms with van der Waals surface area (Å²) in [7, 11) is 1.64. The van der Waals surface area contributed by atoms with Crippen LogP contribution >= 0.6 is 0 Å². The first kappa shape index (κ1) is 26.5. The normalized spacial score (nSPS) is 12.3. The molecule has 0 amide bonds. The quantitative estimate of drug-likeness (QED) is 0.262. The molecule has 0 fully saturated rings. The lowest BCUT2D eigenvalue weighted by atomic mass is 10.2. The number of hydrogen-bond donors (Lipinski definition) is 1. The first-order valence-corrected chi connectivity index (χ1v) is 12.4. The molecule has 8 nitrogen and oxygen atoms in total. The Hall–Kier alpha value is -3.59. The third kappa shape index (κ3) is 7.01. The number of hydrogen-bond acceptors (Lipinski definition) is 7. The Kier molecular flexibility index (Phi) is 9.00. The van der Waals surface area contributed by atoms with Crippen molar-refractivity contribution in [1.82, 2.24) is 14.7 Å². The van der Waals surface area contributed by atoms with Gasteiger partial charge in [0.15, 0.2) is 0 Å². The minimum Gasteiger partial charge on any atom is -0.497 e. The van der Waals surface area contributed by atoms with Crippen molar-refractivity contribution in [2.75, 3.05) is 20.3 Å². The fourth-order valence-corrected chi connectivity index (χ4v) is 4.00. The van der Waals surface area contributed by atoms with Gasteiger partial charge in [0.05, 0.1) is 43.0 Å². The monoisotopic (exact) mass is 505 g/mol. The largest absolute Gasteiger partial charge is 0.497 e. The smallest absolute Gasteiger partial charge is 0.227 e. The van der Waals surface area contributed by atoms with E-state index in [0.29, 0.717) is 31.3 Å². The summed E-state index contributed by atoms with van der Waals surface area (Å²) in [5, 5.41) is 15.5. The minimum absolute atomic E-state index is 0.174. The maximum absolute atomic E-state index is 10.7. The summed E-state index contributed by atoms with van der Waals surface area (Å²) in [4.78, 5) is 2.20. The SMILES string of the molecule is COc1ccc(Oc2c(CN(CC(O)COCc3ccco3)C(C)C)c(C)nn2-c2ccccc2)cc1. The first-order valence-electron chi connectivity index (χ1n) is 12.4. The number of furan rings is 1. The van der Waals surface area contributed by atoms with E-state index in [4.69, 9.17) is 23.7 Å². The molecular weight excluding hydrogens is 470 g/mol. The fourth-order valence-electron chi connectivity index (χ4n) is 4.00. The molecule has 2 aromatic heterocycles. The van der Waals surface area contributed by atoms with Gasteiger partial charge in [0.25, 0.3) is 0 Å². The molecule has 0 aliphatic carbocycles. The molecule has 0 bridgehead atoms. The van der Waals surface area contributed by atoms with Crippen LogP contribution in [0.15, 0.2) is 77.4 Å². The van der Waals surface area contributed by atoms with Gasteiger partial charge in [0, 0.05) is 19.1 Å². The van der Waals surface area contributed by atoms with Gasteiger partial charge in [-0.3, -0.25) is 4.90 Å². The molecule has 2 aromatic carbocycles. The highest BCUT2D eigenvalue weighted by Gasteiger charge is 2.24. The van der Waals surface area contributed by atoms with Crippen LogP contribution in [0.4, 0.5) is 0 Å². The van der Waals surface area contributed by atoms with Crippen molar-refractivity contribution in [2.45, 2.75) is 46.1 Å². The van der Waals surface area contributed by atoms with Gasteiger partial charge in [-0.2, -0.15) is 5.10 Å². The van der Waals surface area contributed by atoms with E-state index >= 15 is 0 Å². The molecule has 2 heterocycles. The van der Waals surface area contributed by atoms with Crippen molar-refractivity contribution < 1.29 is 23.7 Å². The number of aliphatic hydroxyl groups is 1. The number of benzene rings is 2. The fraction of sp³-hybridized carbons (Fsp3) is 0.345. The third-order valence-electron chi connectivity index (χ3n) is 6.08. The van der Waals surface area contributed by atoms with E-state index in [-0.39, 0.29) is 12.6 Å². The Balaban J connectivity index is 1.55. The van der Waals surface area contributed by atoms with Gasteiger partial charge in [-0.15, -0.1) is 0 Å². The average Bonchev–Trinajstić information content (AvgIpc) is 3.53. The molecule has 0 aliphatic rings. The molecular formula is C29H35N3O5. The van der Waals surface area contributed by atoms with Crippen LogP contribution in [0.1, 0.15) is 30.9 Å². The lowest BCUT2D eigenvalue weighted by molar-refractivity contribution is -0.00128. The molecule has 0 radical (unpaired) electrons. The lowest BCUT2D eigenvalue weighted by Gasteiger charge is -2.29. The number of para-hydroxylation sites is 1. The number of rotatable bonds is 13. The highest BCUT2D eigenvalue weighted by atomic mass is 16.5. The second-order valence-corrected chi connectivity index (χ2v) is 9.17. The lowest BCUT2D eigenvalue weighted by Crippen LogP contribution is -2.39. The zero-order chi connectivity index (χ0) is 26.2. The number of aromatic nitrogens is 2. The van der Waals surface area contributed by atoms with Crippen molar-refractivity contribution >= 4 is 0 Å². The average molecular weight is 506 g/mol. The van der Waals surface area contributed by atoms with Crippen LogP contribution < -0.4 is 9.47 Å². The van der Waals surface area contributed by atoms with E-state index in [1.807, 2.05) is 78.3 Å². The van der Waals surface area contributed by atoms with Crippen LogP contribution in [-0.4, -0.2) is 52.2 Å². The molecule has 4 aromatic rings. The van der Waals surface area contributed by atoms with Crippen LogP contribution in [0.2, 0.25) is 0 Å². The summed E-state index contributed by atoms with van der Waals surface area (Å²) in [6, 6.07) is 21.2. The molecule has 0 saturated carbocycles. The Bertz CT molecular complexity index is 1220. The summed E-state index contributed by atoms with van der Waals surface area (Å²) in [6.45, 7) is 7.73. The second-order valence-electron chi connectivity index (χ2n) is 9.17. The van der Waals surface area contributed by atoms with Gasteiger partial charge < -0.3 is 23.7 Å². The summed E-state index contributed by atoms with van der Waals surface area (Å²) in [5.74, 6) is 2.82. The van der Waals surface area contributed by atoms with Crippen molar-refractivity contribution in [1.29, 1.82) is 0 Å². The molecule has 8 heteroatoms. The van der Waals surface area contributed by atoms with Gasteiger partial charge in [0.2, 0.25) is 5.88 Å². The maximum atomic E-state index is 10.7. The number of aryl methyl sites for hydroxylation is 1. The summed E-state index contributed by atoms with van der Waals surface area (Å²) < 4.78 is 24.5. The molecule has 0 aliphatic heterocycles. The maximum Gasteiger partial charge on any atom is 0.227 e. The zero-order valence-corrected chi connectivity index (χ0v) is 21.8. The number of aliphatic hydroxyl groups excluding tert-OH is 1. The van der Waals surface area contributed by atoms with E-state index in [9.17, 15) is 5.11 Å². The number of nitrogens with zero attached hydrogens (tertiary/aromatic N) is 3. The standard InChI is InChI=1S/C29H35N3O5/c1-21(2)31(17-24(33)19-35-20-27-11-8-16-36-27)18-28-22(3)30-32(23-9-6-5-7-10-23)29(28)37-26-14-12-25(34-4)13-15-26/h5-16,21,24,33H,17-20H2,1-4H3. The topological polar surface area (TPSA) is 82.1 Å². The van der Waals surface area contributed by atoms with Crippen molar-refractivity contribution in [2.24, 2.45) is 0 Å². The van der Waals surface area contributed by atoms with Crippen LogP contribution in [0.25, 0.3) is 5.69 Å². The highest BCUT2D eigenvalue weighted by Crippen LogP contribution is 2.32. The van der Waals surface area contributed by atoms with E-state index in [2.05, 4.69) is 18.7 Å². The van der Waals surface area contributed by atoms with E-state index < -0.39 is 6.10 Å².